The SMILES string of the molecule is CC[C@@H](NC(=S)Nc1c(F)cccc1F)c1ccccc1. The first kappa shape index (κ1) is 15.4. The third-order valence-electron chi connectivity index (χ3n) is 3.12. The van der Waals surface area contributed by atoms with Gasteiger partial charge in [-0.2, -0.15) is 0 Å². The summed E-state index contributed by atoms with van der Waals surface area (Å²) in [4.78, 5) is 0. The Morgan fingerprint density at radius 3 is 2.24 bits per heavy atom. The highest BCUT2D eigenvalue weighted by atomic mass is 32.1. The molecule has 0 aliphatic carbocycles. The molecule has 0 fully saturated rings. The van der Waals surface area contributed by atoms with E-state index in [1.165, 1.54) is 18.2 Å². The molecule has 0 aromatic heterocycles. The average Bonchev–Trinajstić information content (AvgIpc) is 2.49. The Morgan fingerprint density at radius 2 is 1.67 bits per heavy atom. The highest BCUT2D eigenvalue weighted by molar-refractivity contribution is 7.80. The summed E-state index contributed by atoms with van der Waals surface area (Å²) in [6.07, 6.45) is 0.797. The second-order valence-electron chi connectivity index (χ2n) is 4.57. The predicted octanol–water partition coefficient (Wildman–Crippen LogP) is 4.40. The smallest absolute Gasteiger partial charge is 0.171 e. The summed E-state index contributed by atoms with van der Waals surface area (Å²) < 4.78 is 27.1. The molecule has 0 aliphatic heterocycles. The monoisotopic (exact) mass is 306 g/mol. The quantitative estimate of drug-likeness (QED) is 0.819. The van der Waals surface area contributed by atoms with Crippen molar-refractivity contribution >= 4 is 23.0 Å². The normalized spacial score (nSPS) is 11.8. The van der Waals surface area contributed by atoms with Crippen LogP contribution < -0.4 is 10.6 Å². The highest BCUT2D eigenvalue weighted by Gasteiger charge is 2.13. The van der Waals surface area contributed by atoms with Crippen molar-refractivity contribution < 1.29 is 8.78 Å². The van der Waals surface area contributed by atoms with Crippen LogP contribution in [-0.2, 0) is 0 Å². The summed E-state index contributed by atoms with van der Waals surface area (Å²) in [5.74, 6) is -1.35. The standard InChI is InChI=1S/C16H16F2N2S/c1-2-14(11-7-4-3-5-8-11)19-16(21)20-15-12(17)9-6-10-13(15)18/h3-10,14H,2H2,1H3,(H2,19,20,21)/t14-/m1/s1. The maximum atomic E-state index is 13.6. The van der Waals surface area contributed by atoms with Crippen LogP contribution in [0.25, 0.3) is 0 Å². The largest absolute Gasteiger partial charge is 0.356 e. The minimum absolute atomic E-state index is 0.0129. The van der Waals surface area contributed by atoms with Gasteiger partial charge in [0.2, 0.25) is 0 Å². The highest BCUT2D eigenvalue weighted by Crippen LogP contribution is 2.19. The number of anilines is 1. The van der Waals surface area contributed by atoms with E-state index < -0.39 is 11.6 Å². The van der Waals surface area contributed by atoms with Crippen LogP contribution in [0.3, 0.4) is 0 Å². The second-order valence-corrected chi connectivity index (χ2v) is 4.97. The van der Waals surface area contributed by atoms with E-state index >= 15 is 0 Å². The third kappa shape index (κ3) is 3.98. The second kappa shape index (κ2) is 7.13. The van der Waals surface area contributed by atoms with Crippen LogP contribution in [0.1, 0.15) is 24.9 Å². The van der Waals surface area contributed by atoms with Crippen molar-refractivity contribution in [3.05, 3.63) is 65.7 Å². The number of hydrogen-bond donors (Lipinski definition) is 2. The number of thiocarbonyl (C=S) groups is 1. The molecule has 0 saturated carbocycles. The zero-order valence-electron chi connectivity index (χ0n) is 11.6. The first-order valence-corrected chi connectivity index (χ1v) is 7.09. The average molecular weight is 306 g/mol. The molecular formula is C16H16F2N2S. The lowest BCUT2D eigenvalue weighted by atomic mass is 10.1. The number of benzene rings is 2. The third-order valence-corrected chi connectivity index (χ3v) is 3.34. The van der Waals surface area contributed by atoms with Gasteiger partial charge in [-0.1, -0.05) is 43.3 Å². The zero-order valence-corrected chi connectivity index (χ0v) is 12.4. The molecule has 0 unspecified atom stereocenters. The van der Waals surface area contributed by atoms with Crippen molar-refractivity contribution in [2.24, 2.45) is 0 Å². The molecule has 2 nitrogen and oxygen atoms in total. The molecule has 2 aromatic carbocycles. The van der Waals surface area contributed by atoms with Crippen LogP contribution in [0.5, 0.6) is 0 Å². The first-order chi connectivity index (χ1) is 10.1. The fourth-order valence-corrected chi connectivity index (χ4v) is 2.28. The zero-order chi connectivity index (χ0) is 15.2. The van der Waals surface area contributed by atoms with Crippen LogP contribution in [0.15, 0.2) is 48.5 Å². The summed E-state index contributed by atoms with van der Waals surface area (Å²) in [5, 5.41) is 5.85. The van der Waals surface area contributed by atoms with Gasteiger partial charge < -0.3 is 10.6 Å². The van der Waals surface area contributed by atoms with Gasteiger partial charge in [0.15, 0.2) is 5.11 Å². The van der Waals surface area contributed by atoms with Gasteiger partial charge in [0.1, 0.15) is 17.3 Å². The van der Waals surface area contributed by atoms with E-state index in [9.17, 15) is 8.78 Å². The molecule has 2 rings (SSSR count). The topological polar surface area (TPSA) is 24.1 Å². The van der Waals surface area contributed by atoms with Gasteiger partial charge in [-0.3, -0.25) is 0 Å². The molecule has 2 aromatic rings. The van der Waals surface area contributed by atoms with Crippen LogP contribution in [0.4, 0.5) is 14.5 Å². The molecular weight excluding hydrogens is 290 g/mol. The van der Waals surface area contributed by atoms with Gasteiger partial charge in [-0.05, 0) is 36.3 Å². The van der Waals surface area contributed by atoms with E-state index in [0.717, 1.165) is 12.0 Å². The van der Waals surface area contributed by atoms with Crippen LogP contribution >= 0.6 is 12.2 Å². The number of rotatable bonds is 4. The van der Waals surface area contributed by atoms with Gasteiger partial charge in [-0.25, -0.2) is 8.78 Å². The van der Waals surface area contributed by atoms with E-state index in [2.05, 4.69) is 10.6 Å². The van der Waals surface area contributed by atoms with E-state index in [-0.39, 0.29) is 16.8 Å². The Hall–Kier alpha value is -2.01. The summed E-state index contributed by atoms with van der Waals surface area (Å²) in [7, 11) is 0. The van der Waals surface area contributed by atoms with Gasteiger partial charge in [0.05, 0.1) is 6.04 Å². The summed E-state index contributed by atoms with van der Waals surface area (Å²) in [6.45, 7) is 2.01. The fraction of sp³-hybridized carbons (Fsp3) is 0.188. The van der Waals surface area contributed by atoms with E-state index in [4.69, 9.17) is 12.2 Å². The number of para-hydroxylation sites is 1. The Kier molecular flexibility index (Phi) is 5.22. The lowest BCUT2D eigenvalue weighted by molar-refractivity contribution is 0.589. The molecule has 0 bridgehead atoms. The van der Waals surface area contributed by atoms with Crippen molar-refractivity contribution in [2.75, 3.05) is 5.32 Å². The maximum Gasteiger partial charge on any atom is 0.171 e. The van der Waals surface area contributed by atoms with Gasteiger partial charge >= 0.3 is 0 Å². The lowest BCUT2D eigenvalue weighted by Crippen LogP contribution is -2.32. The molecule has 5 heteroatoms. The minimum Gasteiger partial charge on any atom is -0.356 e. The van der Waals surface area contributed by atoms with Crippen LogP contribution in [0, 0.1) is 11.6 Å². The maximum absolute atomic E-state index is 13.6. The Balaban J connectivity index is 2.07. The molecule has 110 valence electrons. The van der Waals surface area contributed by atoms with Crippen LogP contribution in [-0.4, -0.2) is 5.11 Å². The first-order valence-electron chi connectivity index (χ1n) is 6.68. The van der Waals surface area contributed by atoms with Gasteiger partial charge in [0, 0.05) is 0 Å². The molecule has 0 spiro atoms. The van der Waals surface area contributed by atoms with Gasteiger partial charge in [0.25, 0.3) is 0 Å². The number of nitrogens with one attached hydrogen (secondary N) is 2. The van der Waals surface area contributed by atoms with Crippen molar-refractivity contribution in [1.82, 2.24) is 5.32 Å². The van der Waals surface area contributed by atoms with Crippen molar-refractivity contribution in [2.45, 2.75) is 19.4 Å². The van der Waals surface area contributed by atoms with Crippen molar-refractivity contribution in [3.8, 4) is 0 Å². The Morgan fingerprint density at radius 1 is 1.05 bits per heavy atom. The molecule has 1 atom stereocenters. The van der Waals surface area contributed by atoms with Crippen molar-refractivity contribution in [1.29, 1.82) is 0 Å². The van der Waals surface area contributed by atoms with E-state index in [1.54, 1.807) is 0 Å². The predicted molar refractivity (Wildman–Crippen MR) is 85.2 cm³/mol. The fourth-order valence-electron chi connectivity index (χ4n) is 2.03. The van der Waals surface area contributed by atoms with Crippen LogP contribution in [0.2, 0.25) is 0 Å². The summed E-state index contributed by atoms with van der Waals surface area (Å²) in [5.41, 5.74) is 0.830. The molecule has 0 aliphatic rings. The molecule has 0 saturated heterocycles. The number of hydrogen-bond acceptors (Lipinski definition) is 1. The molecule has 0 amide bonds. The lowest BCUT2D eigenvalue weighted by Gasteiger charge is -2.20. The Bertz CT molecular complexity index is 597. The summed E-state index contributed by atoms with van der Waals surface area (Å²) in [6, 6.07) is 13.4. The van der Waals surface area contributed by atoms with Crippen molar-refractivity contribution in [3.63, 3.8) is 0 Å². The molecule has 0 radical (unpaired) electrons. The van der Waals surface area contributed by atoms with E-state index in [1.807, 2.05) is 37.3 Å². The minimum atomic E-state index is -0.674. The van der Waals surface area contributed by atoms with E-state index in [0.29, 0.717) is 0 Å². The molecule has 2 N–H and O–H groups in total. The molecule has 21 heavy (non-hydrogen) atoms. The van der Waals surface area contributed by atoms with Gasteiger partial charge in [-0.15, -0.1) is 0 Å². The summed E-state index contributed by atoms with van der Waals surface area (Å²) >= 11 is 5.14. The Labute approximate surface area is 128 Å². The number of halogens is 2. The molecule has 0 heterocycles.